The molecule has 0 amide bonds. The molecule has 0 saturated heterocycles. The summed E-state index contributed by atoms with van der Waals surface area (Å²) in [4.78, 5) is 13.9. The zero-order valence-electron chi connectivity index (χ0n) is 6.93. The van der Waals surface area contributed by atoms with Gasteiger partial charge in [0.1, 0.15) is 0 Å². The van der Waals surface area contributed by atoms with Gasteiger partial charge in [0.05, 0.1) is 5.27 Å². The molecule has 0 atom stereocenters. The van der Waals surface area contributed by atoms with Crippen molar-refractivity contribution in [2.24, 2.45) is 0 Å². The Morgan fingerprint density at radius 3 is 2.87 bits per heavy atom. The van der Waals surface area contributed by atoms with E-state index in [4.69, 9.17) is 4.42 Å². The lowest BCUT2D eigenvalue weighted by atomic mass is 10.7. The summed E-state index contributed by atoms with van der Waals surface area (Å²) in [6.07, 6.45) is 0. The van der Waals surface area contributed by atoms with Crippen LogP contribution in [0.4, 0.5) is 0 Å². The molecule has 0 spiro atoms. The van der Waals surface area contributed by atoms with Crippen LogP contribution in [0.1, 0.15) is 5.89 Å². The highest BCUT2D eigenvalue weighted by molar-refractivity contribution is 5.32. The molecule has 0 unspecified atom stereocenters. The van der Waals surface area contributed by atoms with E-state index in [1.807, 2.05) is 0 Å². The third-order valence-electron chi connectivity index (χ3n) is 1.24. The largest absolute Gasteiger partial charge is 0.415 e. The zero-order valence-corrected chi connectivity index (χ0v) is 6.93. The molecule has 0 aromatic carbocycles. The van der Waals surface area contributed by atoms with E-state index >= 15 is 0 Å². The van der Waals surface area contributed by atoms with E-state index < -0.39 is 11.7 Å². The van der Waals surface area contributed by atoms with Gasteiger partial charge < -0.3 is 13.8 Å². The normalized spacial score (nSPS) is 10.1. The fraction of sp³-hybridized carbons (Fsp3) is 0.250. The Bertz CT molecular complexity index is 450. The minimum Gasteiger partial charge on any atom is -0.415 e. The first-order valence-electron chi connectivity index (χ1n) is 3.51. The van der Waals surface area contributed by atoms with Crippen LogP contribution in [0.5, 0.6) is 0 Å². The van der Waals surface area contributed by atoms with Crippen molar-refractivity contribution in [3.63, 3.8) is 0 Å². The third kappa shape index (κ3) is 2.01. The first-order chi connectivity index (χ1) is 7.25. The molecule has 0 aliphatic heterocycles. The summed E-state index contributed by atoms with van der Waals surface area (Å²) in [5.74, 6) is -0.239. The second-order valence-corrected chi connectivity index (χ2v) is 2.17. The summed E-state index contributed by atoms with van der Waals surface area (Å²) in [6, 6.07) is 0. The molecule has 0 saturated carbocycles. The maximum atomic E-state index is 9.85. The quantitative estimate of drug-likeness (QED) is 0.469. The predicted octanol–water partition coefficient (Wildman–Crippen LogP) is -0.777. The molecule has 0 N–H and O–H groups in total. The monoisotopic (exact) mass is 214 g/mol. The molecule has 2 heterocycles. The first kappa shape index (κ1) is 8.98. The Kier molecular flexibility index (Phi) is 2.19. The molecule has 78 valence electrons. The summed E-state index contributed by atoms with van der Waals surface area (Å²) in [7, 11) is 0. The molecule has 2 rings (SSSR count). The van der Waals surface area contributed by atoms with Crippen LogP contribution in [-0.2, 0) is 11.4 Å². The minimum absolute atomic E-state index is 0.0742. The van der Waals surface area contributed by atoms with Crippen molar-refractivity contribution >= 4 is 0 Å². The topological polar surface area (TPSA) is 143 Å². The Balaban J connectivity index is 2.08. The smallest absolute Gasteiger partial charge is 0.335 e. The van der Waals surface area contributed by atoms with Crippen LogP contribution in [0.25, 0.3) is 11.8 Å². The van der Waals surface area contributed by atoms with Gasteiger partial charge in [-0.05, 0) is 5.21 Å². The van der Waals surface area contributed by atoms with Crippen molar-refractivity contribution in [1.82, 2.24) is 25.8 Å². The highest BCUT2D eigenvalue weighted by Crippen LogP contribution is 2.13. The van der Waals surface area contributed by atoms with Crippen molar-refractivity contribution in [3.05, 3.63) is 16.0 Å². The summed E-state index contributed by atoms with van der Waals surface area (Å²) < 4.78 is 9.41. The van der Waals surface area contributed by atoms with Crippen LogP contribution in [0.3, 0.4) is 0 Å². The van der Waals surface area contributed by atoms with Crippen LogP contribution >= 0.6 is 0 Å². The van der Waals surface area contributed by atoms with Crippen molar-refractivity contribution in [3.8, 4) is 11.8 Å². The van der Waals surface area contributed by atoms with Gasteiger partial charge >= 0.3 is 11.8 Å². The number of hydrogen-bond donors (Lipinski definition) is 0. The van der Waals surface area contributed by atoms with Crippen molar-refractivity contribution in [2.45, 2.75) is 6.61 Å². The molecule has 0 bridgehead atoms. The molecule has 0 aliphatic rings. The van der Waals surface area contributed by atoms with Crippen molar-refractivity contribution in [2.75, 3.05) is 0 Å². The lowest BCUT2D eigenvalue weighted by Gasteiger charge is -1.90. The standard InChI is InChI=1S/C4H2N6O5/c11-10(12)13-1-2-5-6-3(14-2)4-7-8-9-15-4/h1H2. The fourth-order valence-electron chi connectivity index (χ4n) is 0.722. The maximum Gasteiger partial charge on any atom is 0.335 e. The van der Waals surface area contributed by atoms with E-state index in [0.29, 0.717) is 0 Å². The molecular formula is C4H2N6O5. The molecule has 11 nitrogen and oxygen atoms in total. The van der Waals surface area contributed by atoms with E-state index in [1.165, 1.54) is 0 Å². The van der Waals surface area contributed by atoms with E-state index in [2.05, 4.69) is 35.1 Å². The van der Waals surface area contributed by atoms with Gasteiger partial charge in [-0.15, -0.1) is 20.3 Å². The van der Waals surface area contributed by atoms with E-state index in [0.717, 1.165) is 0 Å². The maximum absolute atomic E-state index is 9.85. The molecule has 0 fully saturated rings. The Morgan fingerprint density at radius 1 is 1.33 bits per heavy atom. The van der Waals surface area contributed by atoms with E-state index in [1.54, 1.807) is 0 Å². The van der Waals surface area contributed by atoms with Gasteiger partial charge in [0.15, 0.2) is 6.61 Å². The minimum atomic E-state index is -0.974. The number of rotatable bonds is 4. The van der Waals surface area contributed by atoms with Gasteiger partial charge in [-0.1, -0.05) is 5.10 Å². The highest BCUT2D eigenvalue weighted by Gasteiger charge is 2.14. The molecule has 11 heteroatoms. The molecule has 0 aliphatic carbocycles. The van der Waals surface area contributed by atoms with Crippen LogP contribution in [0.15, 0.2) is 8.94 Å². The third-order valence-corrected chi connectivity index (χ3v) is 1.24. The number of aromatic nitrogens is 5. The predicted molar refractivity (Wildman–Crippen MR) is 37.2 cm³/mol. The summed E-state index contributed by atoms with van der Waals surface area (Å²) >= 11 is 0. The van der Waals surface area contributed by atoms with Crippen LogP contribution < -0.4 is 0 Å². The molecular weight excluding hydrogens is 212 g/mol. The SMILES string of the molecule is O=[N+]([O-])OCc1nnc(-c2nnno2)o1. The molecule has 15 heavy (non-hydrogen) atoms. The van der Waals surface area contributed by atoms with Crippen LogP contribution in [0, 0.1) is 10.1 Å². The van der Waals surface area contributed by atoms with E-state index in [9.17, 15) is 10.1 Å². The van der Waals surface area contributed by atoms with Crippen LogP contribution in [-0.4, -0.2) is 30.9 Å². The summed E-state index contributed by atoms with van der Waals surface area (Å²) in [6.45, 7) is -0.443. The Hall–Kier alpha value is -2.59. The van der Waals surface area contributed by atoms with Crippen molar-refractivity contribution in [1.29, 1.82) is 0 Å². The molecule has 2 aromatic rings. The summed E-state index contributed by atoms with van der Waals surface area (Å²) in [5.41, 5.74) is 0. The van der Waals surface area contributed by atoms with E-state index in [-0.39, 0.29) is 17.7 Å². The van der Waals surface area contributed by atoms with Gasteiger partial charge in [0.25, 0.3) is 5.09 Å². The number of nitrogens with zero attached hydrogens (tertiary/aromatic N) is 6. The van der Waals surface area contributed by atoms with Crippen LogP contribution in [0.2, 0.25) is 0 Å². The molecule has 2 aromatic heterocycles. The Labute approximate surface area is 80.1 Å². The second kappa shape index (κ2) is 3.65. The fourth-order valence-corrected chi connectivity index (χ4v) is 0.722. The lowest BCUT2D eigenvalue weighted by molar-refractivity contribution is -0.763. The van der Waals surface area contributed by atoms with Gasteiger partial charge in [0, 0.05) is 0 Å². The van der Waals surface area contributed by atoms with Gasteiger partial charge in [-0.2, -0.15) is 0 Å². The van der Waals surface area contributed by atoms with Crippen molar-refractivity contribution < 1.29 is 18.9 Å². The van der Waals surface area contributed by atoms with Gasteiger partial charge in [-0.25, -0.2) is 0 Å². The summed E-state index contributed by atoms with van der Waals surface area (Å²) in [5, 5.41) is 25.4. The van der Waals surface area contributed by atoms with Gasteiger partial charge in [-0.3, -0.25) is 0 Å². The second-order valence-electron chi connectivity index (χ2n) is 2.17. The average molecular weight is 214 g/mol. The molecule has 0 radical (unpaired) electrons. The zero-order chi connectivity index (χ0) is 10.7. The first-order valence-corrected chi connectivity index (χ1v) is 3.51. The average Bonchev–Trinajstić information content (AvgIpc) is 2.85. The highest BCUT2D eigenvalue weighted by atomic mass is 17.0. The Morgan fingerprint density at radius 2 is 2.20 bits per heavy atom. The lowest BCUT2D eigenvalue weighted by Crippen LogP contribution is -2.00. The number of hydrogen-bond acceptors (Lipinski definition) is 10. The van der Waals surface area contributed by atoms with Gasteiger partial charge in [0.2, 0.25) is 5.89 Å².